The van der Waals surface area contributed by atoms with Gasteiger partial charge in [-0.3, -0.25) is 9.59 Å². The van der Waals surface area contributed by atoms with Gasteiger partial charge in [0.15, 0.2) is 0 Å². The summed E-state index contributed by atoms with van der Waals surface area (Å²) < 4.78 is 0. The molecule has 0 saturated heterocycles. The van der Waals surface area contributed by atoms with Crippen LogP contribution in [0.4, 0.5) is 5.69 Å². The first-order valence-electron chi connectivity index (χ1n) is 5.51. The van der Waals surface area contributed by atoms with Gasteiger partial charge in [0.1, 0.15) is 0 Å². The molecule has 1 aromatic rings. The second kappa shape index (κ2) is 6.00. The van der Waals surface area contributed by atoms with E-state index in [4.69, 9.17) is 11.5 Å². The van der Waals surface area contributed by atoms with Gasteiger partial charge in [0.05, 0.1) is 17.3 Å². The highest BCUT2D eigenvalue weighted by Gasteiger charge is 2.15. The summed E-state index contributed by atoms with van der Waals surface area (Å²) >= 11 is 0. The molecule has 0 aromatic heterocycles. The number of carbonyl (C=O) groups excluding carboxylic acids is 2. The fourth-order valence-corrected chi connectivity index (χ4v) is 1.47. The van der Waals surface area contributed by atoms with Crippen molar-refractivity contribution in [2.75, 3.05) is 5.32 Å². The van der Waals surface area contributed by atoms with E-state index < -0.39 is 11.9 Å². The SMILES string of the molecule is CCC[C@H](N)C(=O)Nc1ccccc1C(N)=O. The van der Waals surface area contributed by atoms with Gasteiger partial charge in [-0.25, -0.2) is 0 Å². The van der Waals surface area contributed by atoms with Gasteiger partial charge in [0, 0.05) is 0 Å². The standard InChI is InChI=1S/C12H17N3O2/c1-2-5-9(13)12(17)15-10-7-4-3-6-8(10)11(14)16/h3-4,6-7,9H,2,5,13H2,1H3,(H2,14,16)(H,15,17)/t9-/m0/s1. The molecule has 1 atom stereocenters. The molecule has 0 aliphatic carbocycles. The second-order valence-corrected chi connectivity index (χ2v) is 3.79. The van der Waals surface area contributed by atoms with Crippen molar-refractivity contribution in [2.45, 2.75) is 25.8 Å². The van der Waals surface area contributed by atoms with Gasteiger partial charge >= 0.3 is 0 Å². The Kier molecular flexibility index (Phi) is 4.66. The summed E-state index contributed by atoms with van der Waals surface area (Å²) in [6.07, 6.45) is 1.43. The number of nitrogens with two attached hydrogens (primary N) is 2. The van der Waals surface area contributed by atoms with E-state index in [1.54, 1.807) is 24.3 Å². The summed E-state index contributed by atoms with van der Waals surface area (Å²) in [5.74, 6) is -0.884. The maximum absolute atomic E-state index is 11.7. The summed E-state index contributed by atoms with van der Waals surface area (Å²) in [5.41, 5.74) is 11.6. The normalized spacial score (nSPS) is 11.9. The molecule has 0 spiro atoms. The molecule has 0 fully saturated rings. The molecule has 0 saturated carbocycles. The Hall–Kier alpha value is -1.88. The molecule has 1 aromatic carbocycles. The van der Waals surface area contributed by atoms with Crippen LogP contribution in [0.15, 0.2) is 24.3 Å². The molecule has 0 aliphatic rings. The summed E-state index contributed by atoms with van der Waals surface area (Å²) in [7, 11) is 0. The van der Waals surface area contributed by atoms with Crippen LogP contribution in [0, 0.1) is 0 Å². The van der Waals surface area contributed by atoms with Crippen molar-refractivity contribution in [2.24, 2.45) is 11.5 Å². The molecule has 92 valence electrons. The lowest BCUT2D eigenvalue weighted by atomic mass is 10.1. The molecule has 0 radical (unpaired) electrons. The average molecular weight is 235 g/mol. The van der Waals surface area contributed by atoms with Crippen LogP contribution in [-0.4, -0.2) is 17.9 Å². The highest BCUT2D eigenvalue weighted by Crippen LogP contribution is 2.14. The fraction of sp³-hybridized carbons (Fsp3) is 0.333. The van der Waals surface area contributed by atoms with Crippen LogP contribution in [0.5, 0.6) is 0 Å². The van der Waals surface area contributed by atoms with E-state index in [9.17, 15) is 9.59 Å². The number of hydrogen-bond acceptors (Lipinski definition) is 3. The molecular weight excluding hydrogens is 218 g/mol. The zero-order valence-electron chi connectivity index (χ0n) is 9.77. The number of para-hydroxylation sites is 1. The quantitative estimate of drug-likeness (QED) is 0.705. The van der Waals surface area contributed by atoms with E-state index in [2.05, 4.69) is 5.32 Å². The molecule has 5 N–H and O–H groups in total. The summed E-state index contributed by atoms with van der Waals surface area (Å²) in [6, 6.07) is 6.01. The van der Waals surface area contributed by atoms with E-state index in [1.165, 1.54) is 0 Å². The van der Waals surface area contributed by atoms with Crippen LogP contribution >= 0.6 is 0 Å². The number of amides is 2. The lowest BCUT2D eigenvalue weighted by Crippen LogP contribution is -2.35. The number of anilines is 1. The molecule has 0 heterocycles. The number of primary amides is 1. The van der Waals surface area contributed by atoms with E-state index in [0.29, 0.717) is 12.1 Å². The van der Waals surface area contributed by atoms with Crippen LogP contribution in [0.1, 0.15) is 30.1 Å². The smallest absolute Gasteiger partial charge is 0.250 e. The highest BCUT2D eigenvalue weighted by atomic mass is 16.2. The number of hydrogen-bond donors (Lipinski definition) is 3. The van der Waals surface area contributed by atoms with E-state index in [0.717, 1.165) is 6.42 Å². The minimum atomic E-state index is -0.579. The third-order valence-corrected chi connectivity index (χ3v) is 2.39. The predicted molar refractivity (Wildman–Crippen MR) is 66.5 cm³/mol. The number of rotatable bonds is 5. The van der Waals surface area contributed by atoms with E-state index in [1.807, 2.05) is 6.92 Å². The van der Waals surface area contributed by atoms with Crippen molar-refractivity contribution in [1.82, 2.24) is 0 Å². The van der Waals surface area contributed by atoms with E-state index in [-0.39, 0.29) is 11.5 Å². The third kappa shape index (κ3) is 3.57. The molecule has 5 heteroatoms. The van der Waals surface area contributed by atoms with Crippen molar-refractivity contribution in [3.8, 4) is 0 Å². The number of carbonyl (C=O) groups is 2. The van der Waals surface area contributed by atoms with Crippen molar-refractivity contribution >= 4 is 17.5 Å². The third-order valence-electron chi connectivity index (χ3n) is 2.39. The molecule has 0 unspecified atom stereocenters. The molecule has 2 amide bonds. The van der Waals surface area contributed by atoms with Gasteiger partial charge in [0.25, 0.3) is 5.91 Å². The zero-order chi connectivity index (χ0) is 12.8. The molecule has 0 bridgehead atoms. The van der Waals surface area contributed by atoms with Crippen molar-refractivity contribution < 1.29 is 9.59 Å². The Labute approximate surface area is 100 Å². The van der Waals surface area contributed by atoms with Crippen LogP contribution < -0.4 is 16.8 Å². The maximum atomic E-state index is 11.7. The summed E-state index contributed by atoms with van der Waals surface area (Å²) in [5, 5.41) is 2.61. The zero-order valence-corrected chi connectivity index (χ0v) is 9.77. The van der Waals surface area contributed by atoms with Crippen LogP contribution in [0.25, 0.3) is 0 Å². The topological polar surface area (TPSA) is 98.2 Å². The van der Waals surface area contributed by atoms with Gasteiger partial charge < -0.3 is 16.8 Å². The number of benzene rings is 1. The monoisotopic (exact) mass is 235 g/mol. The molecule has 1 rings (SSSR count). The first-order valence-corrected chi connectivity index (χ1v) is 5.51. The molecule has 17 heavy (non-hydrogen) atoms. The van der Waals surface area contributed by atoms with Crippen LogP contribution in [0.3, 0.4) is 0 Å². The van der Waals surface area contributed by atoms with Crippen LogP contribution in [-0.2, 0) is 4.79 Å². The Morgan fingerprint density at radius 2 is 2.00 bits per heavy atom. The van der Waals surface area contributed by atoms with Crippen molar-refractivity contribution in [1.29, 1.82) is 0 Å². The minimum Gasteiger partial charge on any atom is -0.366 e. The fourth-order valence-electron chi connectivity index (χ4n) is 1.47. The summed E-state index contributed by atoms with van der Waals surface area (Å²) in [4.78, 5) is 22.8. The number of nitrogens with one attached hydrogen (secondary N) is 1. The van der Waals surface area contributed by atoms with Crippen LogP contribution in [0.2, 0.25) is 0 Å². The first kappa shape index (κ1) is 13.2. The Bertz CT molecular complexity index is 418. The molecular formula is C12H17N3O2. The minimum absolute atomic E-state index is 0.282. The Morgan fingerprint density at radius 3 is 2.59 bits per heavy atom. The lowest BCUT2D eigenvalue weighted by molar-refractivity contribution is -0.117. The van der Waals surface area contributed by atoms with Crippen molar-refractivity contribution in [3.05, 3.63) is 29.8 Å². The Balaban J connectivity index is 2.81. The first-order chi connectivity index (χ1) is 8.06. The lowest BCUT2D eigenvalue weighted by Gasteiger charge is -2.12. The Morgan fingerprint density at radius 1 is 1.35 bits per heavy atom. The van der Waals surface area contributed by atoms with Gasteiger partial charge in [-0.1, -0.05) is 25.5 Å². The highest BCUT2D eigenvalue weighted by molar-refractivity contribution is 6.04. The predicted octanol–water partition coefficient (Wildman–Crippen LogP) is 0.851. The average Bonchev–Trinajstić information content (AvgIpc) is 2.29. The van der Waals surface area contributed by atoms with Gasteiger partial charge in [-0.15, -0.1) is 0 Å². The van der Waals surface area contributed by atoms with Gasteiger partial charge in [-0.2, -0.15) is 0 Å². The van der Waals surface area contributed by atoms with Crippen molar-refractivity contribution in [3.63, 3.8) is 0 Å². The largest absolute Gasteiger partial charge is 0.366 e. The second-order valence-electron chi connectivity index (χ2n) is 3.79. The summed E-state index contributed by atoms with van der Waals surface area (Å²) in [6.45, 7) is 1.95. The van der Waals surface area contributed by atoms with Gasteiger partial charge in [-0.05, 0) is 18.6 Å². The maximum Gasteiger partial charge on any atom is 0.250 e. The molecule has 5 nitrogen and oxygen atoms in total. The van der Waals surface area contributed by atoms with Gasteiger partial charge in [0.2, 0.25) is 5.91 Å². The molecule has 0 aliphatic heterocycles. The van der Waals surface area contributed by atoms with E-state index >= 15 is 0 Å².